The van der Waals surface area contributed by atoms with Gasteiger partial charge in [0.1, 0.15) is 10.3 Å². The number of benzene rings is 3. The zero-order valence-corrected chi connectivity index (χ0v) is 19.8. The third kappa shape index (κ3) is 5.87. The van der Waals surface area contributed by atoms with Crippen molar-refractivity contribution in [1.29, 1.82) is 0 Å². The fraction of sp³-hybridized carbons (Fsp3) is 0.115. The lowest BCUT2D eigenvalue weighted by atomic mass is 10.1. The molecule has 0 bridgehead atoms. The summed E-state index contributed by atoms with van der Waals surface area (Å²) < 4.78 is 0. The van der Waals surface area contributed by atoms with Gasteiger partial charge in [-0.05, 0) is 48.4 Å². The molecule has 0 saturated carbocycles. The Morgan fingerprint density at radius 3 is 2.26 bits per heavy atom. The van der Waals surface area contributed by atoms with Crippen LogP contribution in [0, 0.1) is 0 Å². The van der Waals surface area contributed by atoms with Crippen molar-refractivity contribution in [1.82, 2.24) is 5.32 Å². The van der Waals surface area contributed by atoms with E-state index in [0.717, 1.165) is 5.56 Å². The number of thioether (sulfide) groups is 1. The van der Waals surface area contributed by atoms with Gasteiger partial charge in [-0.25, -0.2) is 4.99 Å². The maximum absolute atomic E-state index is 13.2. The monoisotopic (exact) mass is 490 g/mol. The number of hydrogen-bond donors (Lipinski definition) is 3. The molecule has 4 rings (SSSR count). The predicted molar refractivity (Wildman–Crippen MR) is 139 cm³/mol. The SMILES string of the molecule is NC1=C(C(=O)Nc2ccc(Cl)cc2)C(=Nc2ccccc2)S[C@@H]1C(=O)NCCc1ccccc1. The quantitative estimate of drug-likeness (QED) is 0.447. The molecule has 1 aliphatic heterocycles. The summed E-state index contributed by atoms with van der Waals surface area (Å²) >= 11 is 7.11. The molecular formula is C26H23ClN4O2S. The summed E-state index contributed by atoms with van der Waals surface area (Å²) in [6, 6.07) is 25.9. The highest BCUT2D eigenvalue weighted by atomic mass is 35.5. The van der Waals surface area contributed by atoms with Crippen LogP contribution in [-0.2, 0) is 16.0 Å². The standard InChI is InChI=1S/C26H23ClN4O2S/c27-18-11-13-20(14-12-18)30-24(32)21-22(28)23(34-26(21)31-19-9-5-2-6-10-19)25(33)29-16-15-17-7-3-1-4-8-17/h1-14,23H,15-16,28H2,(H,29,33)(H,30,32)/t23-/m0/s1. The van der Waals surface area contributed by atoms with Crippen molar-refractivity contribution in [3.05, 3.63) is 107 Å². The molecular weight excluding hydrogens is 468 g/mol. The van der Waals surface area contributed by atoms with Crippen molar-refractivity contribution in [2.75, 3.05) is 11.9 Å². The fourth-order valence-electron chi connectivity index (χ4n) is 3.41. The van der Waals surface area contributed by atoms with Crippen molar-refractivity contribution in [2.24, 2.45) is 10.7 Å². The Kier molecular flexibility index (Phi) is 7.67. The minimum atomic E-state index is -0.746. The van der Waals surface area contributed by atoms with Gasteiger partial charge in [0.2, 0.25) is 5.91 Å². The number of rotatable bonds is 7. The van der Waals surface area contributed by atoms with E-state index in [1.165, 1.54) is 11.8 Å². The van der Waals surface area contributed by atoms with Crippen LogP contribution in [0.5, 0.6) is 0 Å². The molecule has 0 spiro atoms. The van der Waals surface area contributed by atoms with Crippen LogP contribution in [0.1, 0.15) is 5.56 Å². The van der Waals surface area contributed by atoms with Crippen LogP contribution in [0.2, 0.25) is 5.02 Å². The lowest BCUT2D eigenvalue weighted by Crippen LogP contribution is -2.36. The average Bonchev–Trinajstić information content (AvgIpc) is 3.17. The first-order chi connectivity index (χ1) is 16.5. The van der Waals surface area contributed by atoms with E-state index < -0.39 is 11.2 Å². The third-order valence-electron chi connectivity index (χ3n) is 5.12. The Morgan fingerprint density at radius 2 is 1.59 bits per heavy atom. The van der Waals surface area contributed by atoms with Crippen LogP contribution in [0.3, 0.4) is 0 Å². The lowest BCUT2D eigenvalue weighted by molar-refractivity contribution is -0.119. The Bertz CT molecular complexity index is 1230. The van der Waals surface area contributed by atoms with Gasteiger partial charge >= 0.3 is 0 Å². The molecule has 0 fully saturated rings. The second kappa shape index (κ2) is 11.0. The van der Waals surface area contributed by atoms with Crippen LogP contribution < -0.4 is 16.4 Å². The Hall–Kier alpha value is -3.55. The highest BCUT2D eigenvalue weighted by Gasteiger charge is 2.38. The van der Waals surface area contributed by atoms with Gasteiger partial charge in [0.05, 0.1) is 11.3 Å². The molecule has 3 aromatic rings. The van der Waals surface area contributed by atoms with Gasteiger partial charge in [0, 0.05) is 23.0 Å². The molecule has 172 valence electrons. The molecule has 2 amide bonds. The smallest absolute Gasteiger partial charge is 0.260 e. The number of nitrogens with one attached hydrogen (secondary N) is 2. The van der Waals surface area contributed by atoms with E-state index in [2.05, 4.69) is 15.6 Å². The van der Waals surface area contributed by atoms with Gasteiger partial charge < -0.3 is 16.4 Å². The summed E-state index contributed by atoms with van der Waals surface area (Å²) in [6.07, 6.45) is 0.697. The fourth-order valence-corrected chi connectivity index (χ4v) is 4.68. The van der Waals surface area contributed by atoms with E-state index in [1.54, 1.807) is 24.3 Å². The third-order valence-corrected chi connectivity index (χ3v) is 6.60. The number of hydrogen-bond acceptors (Lipinski definition) is 5. The van der Waals surface area contributed by atoms with Crippen molar-refractivity contribution < 1.29 is 9.59 Å². The number of carbonyl (C=O) groups is 2. The second-order valence-electron chi connectivity index (χ2n) is 7.57. The van der Waals surface area contributed by atoms with Crippen molar-refractivity contribution in [3.63, 3.8) is 0 Å². The van der Waals surface area contributed by atoms with E-state index in [-0.39, 0.29) is 17.2 Å². The van der Waals surface area contributed by atoms with E-state index >= 15 is 0 Å². The van der Waals surface area contributed by atoms with Crippen LogP contribution in [0.25, 0.3) is 0 Å². The topological polar surface area (TPSA) is 96.6 Å². The molecule has 1 atom stereocenters. The van der Waals surface area contributed by atoms with E-state index in [4.69, 9.17) is 17.3 Å². The molecule has 6 nitrogen and oxygen atoms in total. The molecule has 0 saturated heterocycles. The van der Waals surface area contributed by atoms with E-state index in [9.17, 15) is 9.59 Å². The van der Waals surface area contributed by atoms with E-state index in [0.29, 0.717) is 34.4 Å². The molecule has 0 radical (unpaired) electrons. The van der Waals surface area contributed by atoms with Gasteiger partial charge in [0.15, 0.2) is 0 Å². The minimum absolute atomic E-state index is 0.184. The van der Waals surface area contributed by atoms with Crippen LogP contribution >= 0.6 is 23.4 Å². The van der Waals surface area contributed by atoms with Gasteiger partial charge in [-0.2, -0.15) is 0 Å². The van der Waals surface area contributed by atoms with Crippen molar-refractivity contribution >= 4 is 51.6 Å². The largest absolute Gasteiger partial charge is 0.400 e. The van der Waals surface area contributed by atoms with Crippen LogP contribution in [-0.4, -0.2) is 28.7 Å². The molecule has 34 heavy (non-hydrogen) atoms. The Labute approximate surface area is 207 Å². The normalized spacial score (nSPS) is 16.5. The second-order valence-corrected chi connectivity index (χ2v) is 9.10. The first-order valence-electron chi connectivity index (χ1n) is 10.7. The number of amides is 2. The van der Waals surface area contributed by atoms with E-state index in [1.807, 2.05) is 60.7 Å². The highest BCUT2D eigenvalue weighted by molar-refractivity contribution is 8.16. The zero-order valence-electron chi connectivity index (χ0n) is 18.2. The number of para-hydroxylation sites is 1. The number of aliphatic imine (C=N–C) groups is 1. The Morgan fingerprint density at radius 1 is 0.941 bits per heavy atom. The summed E-state index contributed by atoms with van der Waals surface area (Å²) in [5.74, 6) is -0.685. The maximum Gasteiger partial charge on any atom is 0.260 e. The summed E-state index contributed by atoms with van der Waals surface area (Å²) in [4.78, 5) is 30.7. The van der Waals surface area contributed by atoms with Crippen LogP contribution in [0.15, 0.2) is 101 Å². The van der Waals surface area contributed by atoms with Gasteiger partial charge in [-0.1, -0.05) is 71.9 Å². The van der Waals surface area contributed by atoms with Gasteiger partial charge in [0.25, 0.3) is 5.91 Å². The number of halogens is 1. The first kappa shape index (κ1) is 23.6. The molecule has 8 heteroatoms. The number of nitrogens with zero attached hydrogens (tertiary/aromatic N) is 1. The van der Waals surface area contributed by atoms with Gasteiger partial charge in [-0.3, -0.25) is 9.59 Å². The molecule has 1 heterocycles. The van der Waals surface area contributed by atoms with Crippen LogP contribution in [0.4, 0.5) is 11.4 Å². The maximum atomic E-state index is 13.2. The molecule has 1 aliphatic rings. The number of anilines is 1. The van der Waals surface area contributed by atoms with Gasteiger partial charge in [-0.15, -0.1) is 0 Å². The number of carbonyl (C=O) groups excluding carboxylic acids is 2. The molecule has 0 unspecified atom stereocenters. The van der Waals surface area contributed by atoms with Crippen molar-refractivity contribution in [3.8, 4) is 0 Å². The first-order valence-corrected chi connectivity index (χ1v) is 12.0. The highest BCUT2D eigenvalue weighted by Crippen LogP contribution is 2.35. The summed E-state index contributed by atoms with van der Waals surface area (Å²) in [6.45, 7) is 0.463. The summed E-state index contributed by atoms with van der Waals surface area (Å²) in [5, 5.41) is 5.97. The minimum Gasteiger partial charge on any atom is -0.400 e. The zero-order chi connectivity index (χ0) is 23.9. The lowest BCUT2D eigenvalue weighted by Gasteiger charge is -2.11. The molecule has 0 aromatic heterocycles. The molecule has 3 aromatic carbocycles. The molecule has 4 N–H and O–H groups in total. The predicted octanol–water partition coefficient (Wildman–Crippen LogP) is 4.70. The summed E-state index contributed by atoms with van der Waals surface area (Å²) in [5.41, 5.74) is 9.11. The summed E-state index contributed by atoms with van der Waals surface area (Å²) in [7, 11) is 0. The average molecular weight is 491 g/mol. The number of nitrogens with two attached hydrogens (primary N) is 1. The van der Waals surface area contributed by atoms with Crippen molar-refractivity contribution in [2.45, 2.75) is 11.7 Å². The Balaban J connectivity index is 1.54. The molecule has 0 aliphatic carbocycles.